The molecule has 0 saturated heterocycles. The number of rotatable bonds is 5. The Bertz CT molecular complexity index is 926. The summed E-state index contributed by atoms with van der Waals surface area (Å²) in [7, 11) is 1.41. The van der Waals surface area contributed by atoms with Crippen molar-refractivity contribution in [1.82, 2.24) is 4.98 Å². The van der Waals surface area contributed by atoms with Crippen LogP contribution in [0.2, 0.25) is 0 Å². The minimum Gasteiger partial charge on any atom is -0.503 e. The van der Waals surface area contributed by atoms with Gasteiger partial charge in [-0.1, -0.05) is 18.2 Å². The predicted molar refractivity (Wildman–Crippen MR) is 98.1 cm³/mol. The molecule has 0 radical (unpaired) electrons. The molecule has 0 unspecified atom stereocenters. The Hall–Kier alpha value is -3.54. The number of para-hydroxylation sites is 1. The highest BCUT2D eigenvalue weighted by Gasteiger charge is 2.17. The van der Waals surface area contributed by atoms with Gasteiger partial charge in [-0.3, -0.25) is 4.79 Å². The van der Waals surface area contributed by atoms with Crippen LogP contribution in [-0.2, 0) is 0 Å². The number of aryl methyl sites for hydroxylation is 1. The van der Waals surface area contributed by atoms with Gasteiger partial charge in [0, 0.05) is 18.0 Å². The molecule has 2 aromatic carbocycles. The SMILES string of the molecule is COc1ccnc(C(=O)Nc2ccc(Oc3ccccc3)c(C)c2)c1O. The molecule has 1 aromatic heterocycles. The van der Waals surface area contributed by atoms with Crippen molar-refractivity contribution in [3.8, 4) is 23.0 Å². The van der Waals surface area contributed by atoms with Gasteiger partial charge < -0.3 is 19.9 Å². The first kappa shape index (κ1) is 17.3. The number of benzene rings is 2. The first-order valence-corrected chi connectivity index (χ1v) is 7.95. The predicted octanol–water partition coefficient (Wildman–Crippen LogP) is 4.15. The maximum atomic E-state index is 12.4. The number of hydrogen-bond acceptors (Lipinski definition) is 5. The van der Waals surface area contributed by atoms with Gasteiger partial charge in [-0.25, -0.2) is 4.98 Å². The average molecular weight is 350 g/mol. The second kappa shape index (κ2) is 7.57. The molecule has 0 fully saturated rings. The number of anilines is 1. The third kappa shape index (κ3) is 3.75. The number of aromatic nitrogens is 1. The largest absolute Gasteiger partial charge is 0.503 e. The highest BCUT2D eigenvalue weighted by molar-refractivity contribution is 6.05. The van der Waals surface area contributed by atoms with E-state index in [-0.39, 0.29) is 17.2 Å². The molecule has 1 heterocycles. The van der Waals surface area contributed by atoms with Crippen LogP contribution < -0.4 is 14.8 Å². The third-order valence-corrected chi connectivity index (χ3v) is 3.73. The fourth-order valence-electron chi connectivity index (χ4n) is 2.41. The highest BCUT2D eigenvalue weighted by Crippen LogP contribution is 2.30. The van der Waals surface area contributed by atoms with Crippen molar-refractivity contribution < 1.29 is 19.4 Å². The molecule has 0 aliphatic rings. The van der Waals surface area contributed by atoms with E-state index in [0.29, 0.717) is 11.4 Å². The zero-order valence-corrected chi connectivity index (χ0v) is 14.4. The number of methoxy groups -OCH3 is 1. The monoisotopic (exact) mass is 350 g/mol. The van der Waals surface area contributed by atoms with Crippen LogP contribution in [0.5, 0.6) is 23.0 Å². The molecule has 0 atom stereocenters. The van der Waals surface area contributed by atoms with Crippen molar-refractivity contribution in [2.45, 2.75) is 6.92 Å². The molecule has 3 aromatic rings. The lowest BCUT2D eigenvalue weighted by Crippen LogP contribution is -2.14. The van der Waals surface area contributed by atoms with E-state index < -0.39 is 5.91 Å². The van der Waals surface area contributed by atoms with E-state index in [0.717, 1.165) is 11.3 Å². The van der Waals surface area contributed by atoms with Crippen molar-refractivity contribution in [3.63, 3.8) is 0 Å². The number of pyridine rings is 1. The number of hydrogen-bond donors (Lipinski definition) is 2. The number of carbonyl (C=O) groups is 1. The number of aromatic hydroxyl groups is 1. The quantitative estimate of drug-likeness (QED) is 0.722. The van der Waals surface area contributed by atoms with Crippen molar-refractivity contribution >= 4 is 11.6 Å². The topological polar surface area (TPSA) is 80.7 Å². The molecule has 6 nitrogen and oxygen atoms in total. The molecule has 132 valence electrons. The lowest BCUT2D eigenvalue weighted by Gasteiger charge is -2.12. The molecular formula is C20H18N2O4. The number of ether oxygens (including phenoxy) is 2. The van der Waals surface area contributed by atoms with Crippen LogP contribution in [0.3, 0.4) is 0 Å². The molecule has 0 aliphatic heterocycles. The van der Waals surface area contributed by atoms with Crippen LogP contribution in [0.15, 0.2) is 60.8 Å². The maximum Gasteiger partial charge on any atom is 0.278 e. The van der Waals surface area contributed by atoms with Gasteiger partial charge in [-0.05, 0) is 42.8 Å². The van der Waals surface area contributed by atoms with E-state index in [9.17, 15) is 9.90 Å². The summed E-state index contributed by atoms with van der Waals surface area (Å²) in [5.41, 5.74) is 1.32. The van der Waals surface area contributed by atoms with Gasteiger partial charge in [0.15, 0.2) is 17.2 Å². The number of amides is 1. The van der Waals surface area contributed by atoms with Gasteiger partial charge in [0.2, 0.25) is 0 Å². The summed E-state index contributed by atoms with van der Waals surface area (Å²) >= 11 is 0. The van der Waals surface area contributed by atoms with Crippen LogP contribution in [0.25, 0.3) is 0 Å². The van der Waals surface area contributed by atoms with Gasteiger partial charge in [0.1, 0.15) is 11.5 Å². The van der Waals surface area contributed by atoms with E-state index >= 15 is 0 Å². The van der Waals surface area contributed by atoms with Crippen molar-refractivity contribution in [3.05, 3.63) is 72.1 Å². The van der Waals surface area contributed by atoms with Gasteiger partial charge in [0.05, 0.1) is 7.11 Å². The normalized spacial score (nSPS) is 10.2. The minimum absolute atomic E-state index is 0.105. The molecular weight excluding hydrogens is 332 g/mol. The summed E-state index contributed by atoms with van der Waals surface area (Å²) in [6.45, 7) is 1.88. The number of nitrogens with one attached hydrogen (secondary N) is 1. The standard InChI is InChI=1S/C20H18N2O4/c1-13-12-14(8-9-16(13)26-15-6-4-3-5-7-15)22-20(24)18-19(23)17(25-2)10-11-21-18/h3-12,23H,1-2H3,(H,22,24). The van der Waals surface area contributed by atoms with Gasteiger partial charge in [-0.15, -0.1) is 0 Å². The molecule has 6 heteroatoms. The fraction of sp³-hybridized carbons (Fsp3) is 0.100. The Morgan fingerprint density at radius 1 is 1.08 bits per heavy atom. The van der Waals surface area contributed by atoms with Crippen LogP contribution in [-0.4, -0.2) is 23.1 Å². The Balaban J connectivity index is 1.76. The first-order chi connectivity index (χ1) is 12.6. The molecule has 2 N–H and O–H groups in total. The second-order valence-electron chi connectivity index (χ2n) is 5.56. The zero-order valence-electron chi connectivity index (χ0n) is 14.4. The summed E-state index contributed by atoms with van der Waals surface area (Å²) in [6.07, 6.45) is 1.40. The third-order valence-electron chi connectivity index (χ3n) is 3.73. The molecule has 0 aliphatic carbocycles. The fourth-order valence-corrected chi connectivity index (χ4v) is 2.41. The highest BCUT2D eigenvalue weighted by atomic mass is 16.5. The maximum absolute atomic E-state index is 12.4. The Morgan fingerprint density at radius 3 is 2.54 bits per heavy atom. The van der Waals surface area contributed by atoms with Crippen molar-refractivity contribution in [2.75, 3.05) is 12.4 Å². The van der Waals surface area contributed by atoms with E-state index in [1.165, 1.54) is 19.4 Å². The number of nitrogens with zero attached hydrogens (tertiary/aromatic N) is 1. The molecule has 0 spiro atoms. The van der Waals surface area contributed by atoms with Crippen LogP contribution in [0.1, 0.15) is 16.1 Å². The lowest BCUT2D eigenvalue weighted by atomic mass is 10.2. The van der Waals surface area contributed by atoms with Gasteiger partial charge >= 0.3 is 0 Å². The molecule has 26 heavy (non-hydrogen) atoms. The Kier molecular flexibility index (Phi) is 5.03. The van der Waals surface area contributed by atoms with E-state index in [2.05, 4.69) is 10.3 Å². The van der Waals surface area contributed by atoms with Crippen molar-refractivity contribution in [2.24, 2.45) is 0 Å². The van der Waals surface area contributed by atoms with Gasteiger partial charge in [-0.2, -0.15) is 0 Å². The smallest absolute Gasteiger partial charge is 0.278 e. The summed E-state index contributed by atoms with van der Waals surface area (Å²) in [4.78, 5) is 16.3. The second-order valence-corrected chi connectivity index (χ2v) is 5.56. The summed E-state index contributed by atoms with van der Waals surface area (Å²) in [5.74, 6) is 0.785. The Morgan fingerprint density at radius 2 is 1.85 bits per heavy atom. The summed E-state index contributed by atoms with van der Waals surface area (Å²) in [6, 6.07) is 16.2. The first-order valence-electron chi connectivity index (χ1n) is 7.95. The van der Waals surface area contributed by atoms with Crippen LogP contribution in [0.4, 0.5) is 5.69 Å². The average Bonchev–Trinajstić information content (AvgIpc) is 2.65. The van der Waals surface area contributed by atoms with E-state index in [1.54, 1.807) is 18.2 Å². The Labute approximate surface area is 151 Å². The van der Waals surface area contributed by atoms with E-state index in [4.69, 9.17) is 9.47 Å². The van der Waals surface area contributed by atoms with Crippen LogP contribution >= 0.6 is 0 Å². The van der Waals surface area contributed by atoms with Crippen molar-refractivity contribution in [1.29, 1.82) is 0 Å². The summed E-state index contributed by atoms with van der Waals surface area (Å²) < 4.78 is 10.8. The molecule has 1 amide bonds. The molecule has 0 saturated carbocycles. The van der Waals surface area contributed by atoms with Gasteiger partial charge in [0.25, 0.3) is 5.91 Å². The van der Waals surface area contributed by atoms with E-state index in [1.807, 2.05) is 37.3 Å². The minimum atomic E-state index is -0.530. The summed E-state index contributed by atoms with van der Waals surface area (Å²) in [5, 5.41) is 12.7. The number of carbonyl (C=O) groups excluding carboxylic acids is 1. The van der Waals surface area contributed by atoms with Crippen LogP contribution in [0, 0.1) is 6.92 Å². The molecule has 0 bridgehead atoms. The molecule has 3 rings (SSSR count). The zero-order chi connectivity index (χ0) is 18.5. The lowest BCUT2D eigenvalue weighted by molar-refractivity contribution is 0.101.